The van der Waals surface area contributed by atoms with Gasteiger partial charge >= 0.3 is 0 Å². The highest BCUT2D eigenvalue weighted by molar-refractivity contribution is 5.91. The smallest absolute Gasteiger partial charge is 0.228 e. The zero-order chi connectivity index (χ0) is 29.3. The molecule has 0 amide bonds. The van der Waals surface area contributed by atoms with Crippen LogP contribution in [0.25, 0.3) is 16.4 Å². The van der Waals surface area contributed by atoms with Gasteiger partial charge in [0.05, 0.1) is 33.1 Å². The third-order valence-corrected chi connectivity index (χ3v) is 7.47. The monoisotopic (exact) mass is 573 g/mol. The van der Waals surface area contributed by atoms with Gasteiger partial charge < -0.3 is 23.8 Å². The van der Waals surface area contributed by atoms with Crippen LogP contribution in [-0.2, 0) is 11.4 Å². The second kappa shape index (κ2) is 11.0. The summed E-state index contributed by atoms with van der Waals surface area (Å²) in [6, 6.07) is 25.9. The number of fused-ring (bicyclic) bond motifs is 6. The van der Waals surface area contributed by atoms with Gasteiger partial charge in [0.25, 0.3) is 0 Å². The molecule has 2 aromatic heterocycles. The van der Waals surface area contributed by atoms with Crippen LogP contribution in [0.2, 0.25) is 0 Å². The van der Waals surface area contributed by atoms with E-state index in [4.69, 9.17) is 28.8 Å². The Bertz CT molecular complexity index is 1990. The lowest BCUT2D eigenvalue weighted by molar-refractivity contribution is 0.126. The molecule has 10 nitrogen and oxygen atoms in total. The van der Waals surface area contributed by atoms with Crippen LogP contribution < -0.4 is 18.9 Å². The molecule has 0 spiro atoms. The van der Waals surface area contributed by atoms with Crippen molar-refractivity contribution in [3.8, 4) is 28.9 Å². The molecule has 0 aliphatic carbocycles. The maximum Gasteiger partial charge on any atom is 0.228 e. The first-order valence-corrected chi connectivity index (χ1v) is 13.6. The summed E-state index contributed by atoms with van der Waals surface area (Å²) in [4.78, 5) is 15.1. The van der Waals surface area contributed by atoms with Crippen molar-refractivity contribution in [1.29, 1.82) is 0 Å². The lowest BCUT2D eigenvalue weighted by Gasteiger charge is -2.28. The predicted molar refractivity (Wildman–Crippen MR) is 161 cm³/mol. The first-order valence-electron chi connectivity index (χ1n) is 13.6. The van der Waals surface area contributed by atoms with E-state index in [1.165, 1.54) is 0 Å². The van der Waals surface area contributed by atoms with Crippen LogP contribution in [0, 0.1) is 0 Å². The van der Waals surface area contributed by atoms with Crippen LogP contribution >= 0.6 is 0 Å². The Hall–Kier alpha value is -5.64. The van der Waals surface area contributed by atoms with E-state index >= 15 is 0 Å². The topological polar surface area (TPSA) is 102 Å². The van der Waals surface area contributed by atoms with Crippen LogP contribution in [0.1, 0.15) is 34.0 Å². The highest BCUT2D eigenvalue weighted by atomic mass is 16.6. The minimum absolute atomic E-state index is 0.0650. The van der Waals surface area contributed by atoms with Crippen molar-refractivity contribution in [2.45, 2.75) is 12.5 Å². The standard InChI is InChI=1S/C33H27N5O5/c1-39-23-12-9-22(10-13-23)29-25-14-11-21-6-4-5-7-24(21)31(25)43-33-30(29)32-36-28(37-38(32)19-34-33)18-42-35-17-20-8-15-26(40-2)27(16-20)41-3/h4-17,19,29H,18H2,1-3H3/b35-17+. The molecule has 214 valence electrons. The number of aromatic nitrogens is 4. The van der Waals surface area contributed by atoms with Crippen LogP contribution in [0.5, 0.6) is 28.9 Å². The zero-order valence-electron chi connectivity index (χ0n) is 23.7. The Morgan fingerprint density at radius 2 is 1.74 bits per heavy atom. The Morgan fingerprint density at radius 3 is 2.56 bits per heavy atom. The fourth-order valence-electron chi connectivity index (χ4n) is 5.42. The molecule has 0 fully saturated rings. The van der Waals surface area contributed by atoms with E-state index in [-0.39, 0.29) is 12.5 Å². The molecule has 43 heavy (non-hydrogen) atoms. The molecule has 10 heteroatoms. The molecule has 1 aliphatic rings. The van der Waals surface area contributed by atoms with Gasteiger partial charge in [-0.15, -0.1) is 5.10 Å². The summed E-state index contributed by atoms with van der Waals surface area (Å²) in [6.45, 7) is 0.0650. The van der Waals surface area contributed by atoms with Crippen LogP contribution in [0.3, 0.4) is 0 Å². The fourth-order valence-corrected chi connectivity index (χ4v) is 5.42. The van der Waals surface area contributed by atoms with Crippen molar-refractivity contribution >= 4 is 22.6 Å². The maximum absolute atomic E-state index is 6.50. The highest BCUT2D eigenvalue weighted by Gasteiger charge is 2.34. The lowest BCUT2D eigenvalue weighted by Crippen LogP contribution is -2.15. The SMILES string of the molecule is COc1ccc(C2c3ccc4ccccc4c3Oc3ncn4nc(CO/N=C/c5ccc(OC)c(OC)c5)nc4c32)cc1. The molecule has 7 rings (SSSR count). The Labute approximate surface area is 247 Å². The quantitative estimate of drug-likeness (QED) is 0.158. The third-order valence-electron chi connectivity index (χ3n) is 7.47. The average molecular weight is 574 g/mol. The van der Waals surface area contributed by atoms with E-state index < -0.39 is 0 Å². The molecule has 1 aliphatic heterocycles. The number of hydrogen-bond donors (Lipinski definition) is 0. The molecule has 6 aromatic rings. The molecule has 4 aromatic carbocycles. The number of hydrogen-bond acceptors (Lipinski definition) is 9. The van der Waals surface area contributed by atoms with Crippen molar-refractivity contribution in [3.05, 3.63) is 113 Å². The first-order chi connectivity index (χ1) is 21.2. The number of nitrogens with zero attached hydrogens (tertiary/aromatic N) is 5. The van der Waals surface area contributed by atoms with E-state index in [1.807, 2.05) is 42.5 Å². The minimum Gasteiger partial charge on any atom is -0.497 e. The molecule has 0 bridgehead atoms. The normalized spacial score (nSPS) is 13.9. The summed E-state index contributed by atoms with van der Waals surface area (Å²) in [5, 5.41) is 10.8. The van der Waals surface area contributed by atoms with E-state index in [2.05, 4.69) is 51.6 Å². The Kier molecular flexibility index (Phi) is 6.71. The van der Waals surface area contributed by atoms with Crippen LogP contribution in [0.4, 0.5) is 0 Å². The van der Waals surface area contributed by atoms with E-state index in [0.29, 0.717) is 28.9 Å². The average Bonchev–Trinajstić information content (AvgIpc) is 3.49. The molecule has 0 radical (unpaired) electrons. The van der Waals surface area contributed by atoms with Crippen molar-refractivity contribution in [1.82, 2.24) is 19.6 Å². The van der Waals surface area contributed by atoms with Gasteiger partial charge in [0, 0.05) is 22.4 Å². The van der Waals surface area contributed by atoms with E-state index in [0.717, 1.165) is 44.5 Å². The second-order valence-electron chi connectivity index (χ2n) is 9.90. The summed E-state index contributed by atoms with van der Waals surface area (Å²) in [7, 11) is 4.84. The number of rotatable bonds is 8. The zero-order valence-corrected chi connectivity index (χ0v) is 23.7. The number of ether oxygens (including phenoxy) is 4. The van der Waals surface area contributed by atoms with Gasteiger partial charge in [-0.1, -0.05) is 53.7 Å². The van der Waals surface area contributed by atoms with Crippen LogP contribution in [0.15, 0.2) is 90.3 Å². The summed E-state index contributed by atoms with van der Waals surface area (Å²) < 4.78 is 24.2. The van der Waals surface area contributed by atoms with Crippen molar-refractivity contribution in [2.24, 2.45) is 5.16 Å². The Balaban J connectivity index is 1.24. The second-order valence-corrected chi connectivity index (χ2v) is 9.90. The first kappa shape index (κ1) is 26.3. The fraction of sp³-hybridized carbons (Fsp3) is 0.152. The van der Waals surface area contributed by atoms with Gasteiger partial charge in [0.1, 0.15) is 17.8 Å². The van der Waals surface area contributed by atoms with E-state index in [9.17, 15) is 0 Å². The minimum atomic E-state index is -0.202. The van der Waals surface area contributed by atoms with E-state index in [1.54, 1.807) is 38.4 Å². The molecule has 1 atom stereocenters. The third kappa shape index (κ3) is 4.72. The van der Waals surface area contributed by atoms with Gasteiger partial charge in [-0.25, -0.2) is 14.5 Å². The lowest BCUT2D eigenvalue weighted by atomic mass is 9.83. The molecule has 0 saturated heterocycles. The number of methoxy groups -OCH3 is 3. The van der Waals surface area contributed by atoms with Gasteiger partial charge in [-0.3, -0.25) is 0 Å². The summed E-state index contributed by atoms with van der Waals surface area (Å²) in [5.41, 5.74) is 4.32. The molecular formula is C33H27N5O5. The summed E-state index contributed by atoms with van der Waals surface area (Å²) in [6.07, 6.45) is 3.20. The van der Waals surface area contributed by atoms with Crippen molar-refractivity contribution < 1.29 is 23.8 Å². The van der Waals surface area contributed by atoms with Gasteiger partial charge in [0.15, 0.2) is 29.6 Å². The van der Waals surface area contributed by atoms with Crippen molar-refractivity contribution in [3.63, 3.8) is 0 Å². The molecule has 1 unspecified atom stereocenters. The number of benzene rings is 4. The van der Waals surface area contributed by atoms with Crippen molar-refractivity contribution in [2.75, 3.05) is 21.3 Å². The largest absolute Gasteiger partial charge is 0.497 e. The maximum atomic E-state index is 6.50. The highest BCUT2D eigenvalue weighted by Crippen LogP contribution is 2.50. The molecule has 0 N–H and O–H groups in total. The Morgan fingerprint density at radius 1 is 0.907 bits per heavy atom. The number of oxime groups is 1. The molecular weight excluding hydrogens is 546 g/mol. The summed E-state index contributed by atoms with van der Waals surface area (Å²) >= 11 is 0. The molecule has 3 heterocycles. The van der Waals surface area contributed by atoms with Gasteiger partial charge in [-0.2, -0.15) is 0 Å². The van der Waals surface area contributed by atoms with Crippen LogP contribution in [-0.4, -0.2) is 47.1 Å². The predicted octanol–water partition coefficient (Wildman–Crippen LogP) is 6.14. The van der Waals surface area contributed by atoms with Gasteiger partial charge in [0.2, 0.25) is 5.88 Å². The molecule has 0 saturated carbocycles. The summed E-state index contributed by atoms with van der Waals surface area (Å²) in [5.74, 6) is 3.55. The van der Waals surface area contributed by atoms with Gasteiger partial charge in [-0.05, 0) is 41.3 Å².